The van der Waals surface area contributed by atoms with Crippen LogP contribution in [-0.4, -0.2) is 12.1 Å². The molecule has 3 unspecified atom stereocenters. The van der Waals surface area contributed by atoms with Crippen LogP contribution >= 0.6 is 15.9 Å². The molecule has 0 heterocycles. The third-order valence-electron chi connectivity index (χ3n) is 6.38. The topological polar surface area (TPSA) is 26.3 Å². The van der Waals surface area contributed by atoms with Crippen molar-refractivity contribution in [1.29, 1.82) is 0 Å². The van der Waals surface area contributed by atoms with E-state index in [4.69, 9.17) is 4.74 Å². The second-order valence-electron chi connectivity index (χ2n) is 7.46. The summed E-state index contributed by atoms with van der Waals surface area (Å²) in [5, 5.41) is 0. The van der Waals surface area contributed by atoms with Crippen molar-refractivity contribution in [2.45, 2.75) is 53.1 Å². The maximum Gasteiger partial charge on any atom is 0.338 e. The molecule has 21 heavy (non-hydrogen) atoms. The number of halogens is 1. The fraction of sp³-hybridized carbons (Fsp3) is 0.611. The van der Waals surface area contributed by atoms with E-state index in [1.165, 1.54) is 12.8 Å². The lowest BCUT2D eigenvalue weighted by Crippen LogP contribution is -2.38. The molecule has 3 heteroatoms. The maximum absolute atomic E-state index is 12.6. The molecule has 114 valence electrons. The molecule has 0 aliphatic heterocycles. The Labute approximate surface area is 135 Å². The van der Waals surface area contributed by atoms with Gasteiger partial charge in [-0.05, 0) is 55.2 Å². The highest BCUT2D eigenvalue weighted by molar-refractivity contribution is 9.10. The predicted octanol–water partition coefficient (Wildman–Crippen LogP) is 5.13. The van der Waals surface area contributed by atoms with E-state index in [2.05, 4.69) is 36.7 Å². The molecule has 0 saturated heterocycles. The first kappa shape index (κ1) is 15.1. The molecule has 0 aromatic heterocycles. The average Bonchev–Trinajstić information content (AvgIpc) is 2.74. The number of fused-ring (bicyclic) bond motifs is 2. The normalized spacial score (nSPS) is 33.2. The highest BCUT2D eigenvalue weighted by atomic mass is 79.9. The fourth-order valence-electron chi connectivity index (χ4n) is 4.32. The summed E-state index contributed by atoms with van der Waals surface area (Å²) in [6.45, 7) is 8.92. The molecule has 2 nitrogen and oxygen atoms in total. The Morgan fingerprint density at radius 1 is 1.33 bits per heavy atom. The van der Waals surface area contributed by atoms with E-state index in [0.29, 0.717) is 11.5 Å². The minimum Gasteiger partial charge on any atom is -0.458 e. The van der Waals surface area contributed by atoms with Crippen LogP contribution in [0.25, 0.3) is 0 Å². The Hall–Kier alpha value is -0.830. The van der Waals surface area contributed by atoms with Gasteiger partial charge in [-0.25, -0.2) is 4.79 Å². The first-order valence-corrected chi connectivity index (χ1v) is 8.52. The van der Waals surface area contributed by atoms with Crippen LogP contribution in [0.1, 0.15) is 56.0 Å². The quantitative estimate of drug-likeness (QED) is 0.691. The standard InChI is InChI=1S/C18H23BrO2/c1-11-5-6-13(19)10-14(11)16(20)21-15-9-12-7-8-18(15,4)17(12,2)3/h5-6,10,12,15H,7-9H2,1-4H3. The van der Waals surface area contributed by atoms with Crippen LogP contribution < -0.4 is 0 Å². The van der Waals surface area contributed by atoms with E-state index in [-0.39, 0.29) is 22.9 Å². The first-order valence-electron chi connectivity index (χ1n) is 7.73. The van der Waals surface area contributed by atoms with Crippen molar-refractivity contribution in [3.05, 3.63) is 33.8 Å². The lowest BCUT2D eigenvalue weighted by atomic mass is 9.70. The molecule has 2 saturated carbocycles. The van der Waals surface area contributed by atoms with Crippen LogP contribution in [0.5, 0.6) is 0 Å². The number of hydrogen-bond acceptors (Lipinski definition) is 2. The summed E-state index contributed by atoms with van der Waals surface area (Å²) in [4.78, 5) is 12.6. The minimum atomic E-state index is -0.177. The Morgan fingerprint density at radius 3 is 2.62 bits per heavy atom. The number of aryl methyl sites for hydroxylation is 1. The Bertz CT molecular complexity index is 593. The average molecular weight is 351 g/mol. The summed E-state index contributed by atoms with van der Waals surface area (Å²) < 4.78 is 6.86. The van der Waals surface area contributed by atoms with Crippen molar-refractivity contribution >= 4 is 21.9 Å². The summed E-state index contributed by atoms with van der Waals surface area (Å²) in [7, 11) is 0. The second-order valence-corrected chi connectivity index (χ2v) is 8.38. The van der Waals surface area contributed by atoms with E-state index < -0.39 is 0 Å². The van der Waals surface area contributed by atoms with Gasteiger partial charge in [0.1, 0.15) is 6.10 Å². The number of carbonyl (C=O) groups is 1. The van der Waals surface area contributed by atoms with Gasteiger partial charge in [0.2, 0.25) is 0 Å². The second kappa shape index (κ2) is 4.84. The molecule has 1 aromatic rings. The Kier molecular flexibility index (Phi) is 3.47. The zero-order valence-corrected chi connectivity index (χ0v) is 14.8. The molecular formula is C18H23BrO2. The van der Waals surface area contributed by atoms with Gasteiger partial charge in [-0.2, -0.15) is 0 Å². The molecule has 3 atom stereocenters. The van der Waals surface area contributed by atoms with Crippen molar-refractivity contribution < 1.29 is 9.53 Å². The van der Waals surface area contributed by atoms with Gasteiger partial charge in [0.15, 0.2) is 0 Å². The molecule has 2 aliphatic rings. The highest BCUT2D eigenvalue weighted by Crippen LogP contribution is 2.66. The number of benzene rings is 1. The van der Waals surface area contributed by atoms with Gasteiger partial charge in [-0.1, -0.05) is 42.8 Å². The predicted molar refractivity (Wildman–Crippen MR) is 87.3 cm³/mol. The fourth-order valence-corrected chi connectivity index (χ4v) is 4.68. The zero-order valence-electron chi connectivity index (χ0n) is 13.2. The molecule has 2 aliphatic carbocycles. The molecule has 0 spiro atoms. The van der Waals surface area contributed by atoms with Crippen molar-refractivity contribution in [3.8, 4) is 0 Å². The lowest BCUT2D eigenvalue weighted by molar-refractivity contribution is -0.0243. The smallest absolute Gasteiger partial charge is 0.338 e. The highest BCUT2D eigenvalue weighted by Gasteiger charge is 2.62. The summed E-state index contributed by atoms with van der Waals surface area (Å²) in [6.07, 6.45) is 3.51. The first-order chi connectivity index (χ1) is 9.75. The number of rotatable bonds is 2. The third kappa shape index (κ3) is 2.16. The summed E-state index contributed by atoms with van der Waals surface area (Å²) in [5.74, 6) is 0.507. The van der Waals surface area contributed by atoms with Gasteiger partial charge < -0.3 is 4.74 Å². The number of carbonyl (C=O) groups excluding carboxylic acids is 1. The van der Waals surface area contributed by atoms with Gasteiger partial charge in [0, 0.05) is 9.89 Å². The minimum absolute atomic E-state index is 0.0529. The van der Waals surface area contributed by atoms with Crippen LogP contribution in [0.2, 0.25) is 0 Å². The van der Waals surface area contributed by atoms with E-state index in [0.717, 1.165) is 16.5 Å². The van der Waals surface area contributed by atoms with E-state index in [1.807, 2.05) is 25.1 Å². The van der Waals surface area contributed by atoms with E-state index in [1.54, 1.807) is 0 Å². The zero-order chi connectivity index (χ0) is 15.4. The number of hydrogen-bond donors (Lipinski definition) is 0. The molecule has 0 N–H and O–H groups in total. The van der Waals surface area contributed by atoms with Crippen LogP contribution in [-0.2, 0) is 4.74 Å². The van der Waals surface area contributed by atoms with Crippen LogP contribution in [0, 0.1) is 23.7 Å². The van der Waals surface area contributed by atoms with Gasteiger partial charge >= 0.3 is 5.97 Å². The molecule has 3 rings (SSSR count). The van der Waals surface area contributed by atoms with Gasteiger partial charge in [0.25, 0.3) is 0 Å². The van der Waals surface area contributed by atoms with Crippen LogP contribution in [0.4, 0.5) is 0 Å². The molecule has 2 fully saturated rings. The molecule has 1 aromatic carbocycles. The summed E-state index contributed by atoms with van der Waals surface area (Å²) in [6, 6.07) is 5.76. The van der Waals surface area contributed by atoms with E-state index in [9.17, 15) is 4.79 Å². The molecule has 0 radical (unpaired) electrons. The van der Waals surface area contributed by atoms with Gasteiger partial charge in [-0.3, -0.25) is 0 Å². The lowest BCUT2D eigenvalue weighted by Gasteiger charge is -2.38. The van der Waals surface area contributed by atoms with Crippen molar-refractivity contribution in [1.82, 2.24) is 0 Å². The van der Waals surface area contributed by atoms with Gasteiger partial charge in [-0.15, -0.1) is 0 Å². The largest absolute Gasteiger partial charge is 0.458 e. The monoisotopic (exact) mass is 350 g/mol. The molecule has 2 bridgehead atoms. The third-order valence-corrected chi connectivity index (χ3v) is 6.88. The van der Waals surface area contributed by atoms with Crippen LogP contribution in [0.3, 0.4) is 0 Å². The Morgan fingerprint density at radius 2 is 2.05 bits per heavy atom. The molecular weight excluding hydrogens is 328 g/mol. The summed E-state index contributed by atoms with van der Waals surface area (Å²) >= 11 is 3.43. The van der Waals surface area contributed by atoms with Crippen molar-refractivity contribution in [3.63, 3.8) is 0 Å². The SMILES string of the molecule is Cc1ccc(Br)cc1C(=O)OC1CC2CCC1(C)C2(C)C. The number of ether oxygens (including phenoxy) is 1. The number of esters is 1. The van der Waals surface area contributed by atoms with E-state index >= 15 is 0 Å². The van der Waals surface area contributed by atoms with Crippen LogP contribution in [0.15, 0.2) is 22.7 Å². The van der Waals surface area contributed by atoms with Crippen molar-refractivity contribution in [2.75, 3.05) is 0 Å². The maximum atomic E-state index is 12.6. The Balaban J connectivity index is 1.82. The summed E-state index contributed by atoms with van der Waals surface area (Å²) in [5.41, 5.74) is 2.03. The van der Waals surface area contributed by atoms with Crippen molar-refractivity contribution in [2.24, 2.45) is 16.7 Å². The van der Waals surface area contributed by atoms with Gasteiger partial charge in [0.05, 0.1) is 5.56 Å². The molecule has 0 amide bonds.